The molecule has 0 atom stereocenters. The predicted octanol–water partition coefficient (Wildman–Crippen LogP) is 22.2. The van der Waals surface area contributed by atoms with E-state index in [9.17, 15) is 20.4 Å². The summed E-state index contributed by atoms with van der Waals surface area (Å²) in [6.45, 7) is 37.0. The molecule has 4 heteroatoms. The summed E-state index contributed by atoms with van der Waals surface area (Å²) >= 11 is 0. The first-order valence-corrected chi connectivity index (χ1v) is 30.4. The monoisotopic (exact) mass is 1140 g/mol. The Hall–Kier alpha value is -6.40. The fourth-order valence-electron chi connectivity index (χ4n) is 7.35. The van der Waals surface area contributed by atoms with Crippen LogP contribution < -0.4 is 0 Å². The topological polar surface area (TPSA) is 80.9 Å². The van der Waals surface area contributed by atoms with Crippen LogP contribution in [0.1, 0.15) is 189 Å². The summed E-state index contributed by atoms with van der Waals surface area (Å²) in [5.74, 6) is 0. The molecule has 0 aliphatic carbocycles. The van der Waals surface area contributed by atoms with E-state index in [-0.39, 0.29) is 13.2 Å². The summed E-state index contributed by atoms with van der Waals surface area (Å²) in [7, 11) is 0. The average Bonchev–Trinajstić information content (AvgIpc) is 3.39. The molecule has 84 heavy (non-hydrogen) atoms. The molecule has 0 aromatic heterocycles. The van der Waals surface area contributed by atoms with Crippen LogP contribution in [0.15, 0.2) is 285 Å². The molecule has 0 amide bonds. The molecule has 0 spiro atoms. The molecule has 0 bridgehead atoms. The van der Waals surface area contributed by atoms with Crippen molar-refractivity contribution in [3.05, 3.63) is 285 Å². The zero-order valence-electron chi connectivity index (χ0n) is 55.9. The smallest absolute Gasteiger partial charge is 0.0681 e. The number of aliphatic hydroxyl groups is 4. The molecule has 0 saturated carbocycles. The van der Waals surface area contributed by atoms with Crippen LogP contribution in [0.2, 0.25) is 0 Å². The van der Waals surface area contributed by atoms with Crippen LogP contribution in [0.3, 0.4) is 0 Å². The lowest BCUT2D eigenvalue weighted by Gasteiger charge is -2.16. The van der Waals surface area contributed by atoms with Gasteiger partial charge in [-0.1, -0.05) is 273 Å². The summed E-state index contributed by atoms with van der Waals surface area (Å²) in [5, 5.41) is 39.0. The molecule has 0 aromatic rings. The second kappa shape index (κ2) is 50.0. The third-order valence-corrected chi connectivity index (χ3v) is 12.6. The highest BCUT2D eigenvalue weighted by Gasteiger charge is 2.12. The number of hydrogen-bond donors (Lipinski definition) is 4. The number of allylic oxidation sites excluding steroid dienone is 44. The zero-order chi connectivity index (χ0) is 63.6. The van der Waals surface area contributed by atoms with E-state index in [4.69, 9.17) is 0 Å². The molecule has 0 aromatic carbocycles. The Morgan fingerprint density at radius 1 is 0.286 bits per heavy atom. The van der Waals surface area contributed by atoms with Crippen molar-refractivity contribution in [2.45, 2.75) is 200 Å². The van der Waals surface area contributed by atoms with Crippen molar-refractivity contribution in [1.82, 2.24) is 0 Å². The molecule has 0 saturated heterocycles. The predicted molar refractivity (Wildman–Crippen MR) is 377 cm³/mol. The fraction of sp³-hybridized carbons (Fsp3) is 0.400. The molecule has 0 aliphatic rings. The number of rotatable bonds is 36. The van der Waals surface area contributed by atoms with E-state index in [1.165, 1.54) is 44.6 Å². The Kier molecular flexibility index (Phi) is 47.4. The van der Waals surface area contributed by atoms with Gasteiger partial charge in [0.1, 0.15) is 0 Å². The van der Waals surface area contributed by atoms with Crippen molar-refractivity contribution >= 4 is 0 Å². The molecule has 4 nitrogen and oxygen atoms in total. The molecule has 0 aliphatic heterocycles. The second-order valence-electron chi connectivity index (χ2n) is 23.9. The SMILES string of the molecule is CC(C)=CCC/C(C)=C/C=C/C(C)=C/C=C/C(C)=C/C=C/C=C(\C=C\C=C(C)\C=C\C=C(/C)CCCC(C)(C)O)CO.CC(C)=CCC/C(C)=C/C=C/C(C)=C/C=C/C(C)=C/C=C/C=C(\C=C\C=C(C)\C=C\C=C(/C)CCCC(C)(C)O)CO. The van der Waals surface area contributed by atoms with Crippen molar-refractivity contribution in [2.24, 2.45) is 0 Å². The van der Waals surface area contributed by atoms with Gasteiger partial charge in [0.25, 0.3) is 0 Å². The average molecular weight is 1140 g/mol. The van der Waals surface area contributed by atoms with Crippen LogP contribution in [-0.2, 0) is 0 Å². The zero-order valence-corrected chi connectivity index (χ0v) is 55.9. The van der Waals surface area contributed by atoms with Gasteiger partial charge in [-0.3, -0.25) is 0 Å². The van der Waals surface area contributed by atoms with Crippen LogP contribution in [0.5, 0.6) is 0 Å². The minimum Gasteiger partial charge on any atom is -0.392 e. The van der Waals surface area contributed by atoms with Crippen molar-refractivity contribution < 1.29 is 20.4 Å². The number of hydrogen-bond acceptors (Lipinski definition) is 4. The maximum absolute atomic E-state index is 9.82. The van der Waals surface area contributed by atoms with E-state index >= 15 is 0 Å². The van der Waals surface area contributed by atoms with Gasteiger partial charge in [0, 0.05) is 0 Å². The van der Waals surface area contributed by atoms with Crippen LogP contribution in [0.4, 0.5) is 0 Å². The van der Waals surface area contributed by atoms with Gasteiger partial charge in [0.15, 0.2) is 0 Å². The minimum absolute atomic E-state index is 0.0134. The first kappa shape index (κ1) is 79.7. The standard InChI is InChI=1S/2C40H58O2/c2*1-33(2)18-12-20-35(4)22-14-24-36(5)23-13-21-34(3)19-10-11-29-39(32-41)30-16-27-37(6)25-15-26-38(7)28-17-31-40(8,9)42/h2*10-11,13-16,18-19,21-27,29-30,41-42H,12,17,20,28,31-32H2,1-9H3/b2*11-10+,21-13+,24-14+,25-15+,30-16+,34-19+,35-22+,36-23+,37-27+,38-26+,39-29+. The summed E-state index contributed by atoms with van der Waals surface area (Å²) in [6, 6.07) is 0. The molecular formula is C80H116O4. The fourth-order valence-corrected chi connectivity index (χ4v) is 7.35. The van der Waals surface area contributed by atoms with Gasteiger partial charge < -0.3 is 20.4 Å². The van der Waals surface area contributed by atoms with Crippen LogP contribution in [-0.4, -0.2) is 44.8 Å². The van der Waals surface area contributed by atoms with Gasteiger partial charge in [-0.25, -0.2) is 0 Å². The Balaban J connectivity index is 0. The Labute approximate surface area is 515 Å². The summed E-state index contributed by atoms with van der Waals surface area (Å²) in [4.78, 5) is 0. The quantitative estimate of drug-likeness (QED) is 0.0372. The van der Waals surface area contributed by atoms with Crippen molar-refractivity contribution in [3.8, 4) is 0 Å². The third-order valence-electron chi connectivity index (χ3n) is 12.6. The summed E-state index contributed by atoms with van der Waals surface area (Å²) < 4.78 is 0. The summed E-state index contributed by atoms with van der Waals surface area (Å²) in [5.41, 5.74) is 15.6. The molecule has 0 radical (unpaired) electrons. The van der Waals surface area contributed by atoms with Crippen molar-refractivity contribution in [2.75, 3.05) is 13.2 Å². The summed E-state index contributed by atoms with van der Waals surface area (Å²) in [6.07, 6.45) is 80.2. The molecule has 0 heterocycles. The van der Waals surface area contributed by atoms with Gasteiger partial charge in [-0.05, 0) is 200 Å². The van der Waals surface area contributed by atoms with Gasteiger partial charge in [-0.15, -0.1) is 0 Å². The van der Waals surface area contributed by atoms with Crippen LogP contribution in [0.25, 0.3) is 0 Å². The van der Waals surface area contributed by atoms with Crippen molar-refractivity contribution in [1.29, 1.82) is 0 Å². The Morgan fingerprint density at radius 3 is 0.762 bits per heavy atom. The lowest BCUT2D eigenvalue weighted by atomic mass is 9.99. The van der Waals surface area contributed by atoms with E-state index < -0.39 is 11.2 Å². The normalized spacial score (nSPS) is 15.5. The van der Waals surface area contributed by atoms with E-state index in [1.54, 1.807) is 0 Å². The first-order valence-electron chi connectivity index (χ1n) is 30.4. The van der Waals surface area contributed by atoms with Crippen LogP contribution in [0, 0.1) is 0 Å². The van der Waals surface area contributed by atoms with Crippen molar-refractivity contribution in [3.63, 3.8) is 0 Å². The largest absolute Gasteiger partial charge is 0.392 e. The van der Waals surface area contributed by atoms with Gasteiger partial charge >= 0.3 is 0 Å². The lowest BCUT2D eigenvalue weighted by molar-refractivity contribution is 0.0683. The molecule has 0 unspecified atom stereocenters. The Bertz CT molecular complexity index is 2490. The van der Waals surface area contributed by atoms with Gasteiger partial charge in [-0.2, -0.15) is 0 Å². The molecule has 0 fully saturated rings. The lowest BCUT2D eigenvalue weighted by Crippen LogP contribution is -2.17. The molecule has 4 N–H and O–H groups in total. The van der Waals surface area contributed by atoms with Gasteiger partial charge in [0.2, 0.25) is 0 Å². The molecular weight excluding hydrogens is 1020 g/mol. The molecule has 460 valence electrons. The minimum atomic E-state index is -0.593. The maximum Gasteiger partial charge on any atom is 0.0681 e. The van der Waals surface area contributed by atoms with E-state index in [0.29, 0.717) is 0 Å². The molecule has 0 rings (SSSR count). The maximum atomic E-state index is 9.82. The number of aliphatic hydroxyl groups excluding tert-OH is 2. The van der Waals surface area contributed by atoms with Gasteiger partial charge in [0.05, 0.1) is 24.4 Å². The van der Waals surface area contributed by atoms with E-state index in [2.05, 4.69) is 231 Å². The van der Waals surface area contributed by atoms with E-state index in [0.717, 1.165) is 97.6 Å². The van der Waals surface area contributed by atoms with Crippen LogP contribution >= 0.6 is 0 Å². The third kappa shape index (κ3) is 57.4. The van der Waals surface area contributed by atoms with E-state index in [1.807, 2.05) is 101 Å². The highest BCUT2D eigenvalue weighted by atomic mass is 16.3. The second-order valence-corrected chi connectivity index (χ2v) is 23.9. The Morgan fingerprint density at radius 2 is 0.512 bits per heavy atom. The highest BCUT2D eigenvalue weighted by molar-refractivity contribution is 5.36. The highest BCUT2D eigenvalue weighted by Crippen LogP contribution is 2.17. The first-order chi connectivity index (χ1) is 39.6.